The number of hydrogen-bond acceptors (Lipinski definition) is 2. The molecule has 1 heterocycles. The van der Waals surface area contributed by atoms with Crippen LogP contribution in [0.3, 0.4) is 0 Å². The van der Waals surface area contributed by atoms with E-state index in [0.717, 1.165) is 22.1 Å². The molecule has 0 unspecified atom stereocenters. The van der Waals surface area contributed by atoms with E-state index >= 15 is 0 Å². The molecule has 15 heavy (non-hydrogen) atoms. The minimum Gasteiger partial charge on any atom is -0.305 e. The lowest BCUT2D eigenvalue weighted by molar-refractivity contribution is 0.112. The predicted molar refractivity (Wildman–Crippen MR) is 61.4 cm³/mol. The number of halogens is 1. The maximum absolute atomic E-state index is 10.9. The van der Waals surface area contributed by atoms with Gasteiger partial charge in [-0.05, 0) is 25.1 Å². The van der Waals surface area contributed by atoms with Gasteiger partial charge in [0.05, 0.1) is 17.7 Å². The Morgan fingerprint density at radius 3 is 2.87 bits per heavy atom. The third-order valence-electron chi connectivity index (χ3n) is 2.11. The number of hydrogen-bond donors (Lipinski definition) is 0. The van der Waals surface area contributed by atoms with E-state index in [2.05, 4.69) is 20.9 Å². The molecule has 0 N–H and O–H groups in total. The molecule has 0 saturated carbocycles. The van der Waals surface area contributed by atoms with Crippen LogP contribution in [0.2, 0.25) is 0 Å². The number of rotatable bonds is 2. The summed E-state index contributed by atoms with van der Waals surface area (Å²) >= 11 is 3.38. The summed E-state index contributed by atoms with van der Waals surface area (Å²) in [7, 11) is 0. The molecule has 0 fully saturated rings. The molecule has 0 amide bonds. The number of carbonyl (C=O) groups excluding carboxylic acids is 1. The fourth-order valence-corrected chi connectivity index (χ4v) is 1.74. The molecule has 2 aromatic rings. The van der Waals surface area contributed by atoms with Crippen molar-refractivity contribution in [1.82, 2.24) is 9.55 Å². The summed E-state index contributed by atoms with van der Waals surface area (Å²) in [6.45, 7) is 1.91. The lowest BCUT2D eigenvalue weighted by atomic mass is 10.2. The van der Waals surface area contributed by atoms with E-state index in [4.69, 9.17) is 0 Å². The quantitative estimate of drug-likeness (QED) is 0.782. The van der Waals surface area contributed by atoms with Crippen LogP contribution in [0.25, 0.3) is 5.69 Å². The van der Waals surface area contributed by atoms with Crippen molar-refractivity contribution in [2.45, 2.75) is 6.92 Å². The first kappa shape index (κ1) is 10.1. The molecule has 1 aromatic heterocycles. The van der Waals surface area contributed by atoms with Gasteiger partial charge >= 0.3 is 0 Å². The van der Waals surface area contributed by atoms with E-state index in [0.29, 0.717) is 5.56 Å². The normalized spacial score (nSPS) is 10.3. The molecule has 0 aliphatic carbocycles. The number of imidazole rings is 1. The van der Waals surface area contributed by atoms with Crippen LogP contribution in [-0.4, -0.2) is 15.8 Å². The largest absolute Gasteiger partial charge is 0.305 e. The van der Waals surface area contributed by atoms with Crippen molar-refractivity contribution in [3.05, 3.63) is 46.5 Å². The van der Waals surface area contributed by atoms with Gasteiger partial charge in [0.2, 0.25) is 0 Å². The van der Waals surface area contributed by atoms with Crippen LogP contribution in [0.1, 0.15) is 16.1 Å². The van der Waals surface area contributed by atoms with Gasteiger partial charge in [-0.1, -0.05) is 15.9 Å². The second-order valence-corrected chi connectivity index (χ2v) is 4.16. The van der Waals surface area contributed by atoms with Gasteiger partial charge in [-0.15, -0.1) is 0 Å². The molecule has 0 atom stereocenters. The Morgan fingerprint density at radius 2 is 2.27 bits per heavy atom. The predicted octanol–water partition coefficient (Wildman–Crippen LogP) is 2.76. The molecule has 0 aliphatic heterocycles. The van der Waals surface area contributed by atoms with E-state index < -0.39 is 0 Å². The summed E-state index contributed by atoms with van der Waals surface area (Å²) in [4.78, 5) is 15.0. The van der Waals surface area contributed by atoms with Gasteiger partial charge in [0, 0.05) is 16.2 Å². The summed E-state index contributed by atoms with van der Waals surface area (Å²) in [5, 5.41) is 0. The highest BCUT2D eigenvalue weighted by molar-refractivity contribution is 9.10. The molecule has 0 radical (unpaired) electrons. The Kier molecular flexibility index (Phi) is 2.68. The van der Waals surface area contributed by atoms with Crippen molar-refractivity contribution in [3.8, 4) is 5.69 Å². The van der Waals surface area contributed by atoms with Gasteiger partial charge in [0.1, 0.15) is 0 Å². The molecule has 76 valence electrons. The molecule has 0 bridgehead atoms. The molecule has 3 nitrogen and oxygen atoms in total. The summed E-state index contributed by atoms with van der Waals surface area (Å²) in [6, 6.07) is 5.52. The molecule has 0 aliphatic rings. The zero-order chi connectivity index (χ0) is 10.8. The fraction of sp³-hybridized carbons (Fsp3) is 0.0909. The molecule has 4 heteroatoms. The van der Waals surface area contributed by atoms with Gasteiger partial charge in [-0.3, -0.25) is 4.79 Å². The minimum absolute atomic E-state index is 0.649. The highest BCUT2D eigenvalue weighted by Gasteiger charge is 2.04. The monoisotopic (exact) mass is 264 g/mol. The summed E-state index contributed by atoms with van der Waals surface area (Å²) in [5.41, 5.74) is 2.40. The maximum Gasteiger partial charge on any atom is 0.152 e. The number of aryl methyl sites for hydroxylation is 1. The van der Waals surface area contributed by atoms with Crippen LogP contribution in [0.5, 0.6) is 0 Å². The third-order valence-corrected chi connectivity index (χ3v) is 2.60. The van der Waals surface area contributed by atoms with Crippen molar-refractivity contribution in [2.24, 2.45) is 0 Å². The van der Waals surface area contributed by atoms with Crippen molar-refractivity contribution < 1.29 is 4.79 Å². The van der Waals surface area contributed by atoms with Crippen molar-refractivity contribution in [2.75, 3.05) is 0 Å². The van der Waals surface area contributed by atoms with Crippen molar-refractivity contribution in [1.29, 1.82) is 0 Å². The standard InChI is InChI=1S/C11H9BrN2O/c1-8-5-14(7-13-8)11-4-10(12)3-2-9(11)6-15/h2-7H,1H3. The first-order chi connectivity index (χ1) is 7.20. The molecule has 2 rings (SSSR count). The molecular weight excluding hydrogens is 256 g/mol. The highest BCUT2D eigenvalue weighted by Crippen LogP contribution is 2.19. The Labute approximate surface area is 95.9 Å². The smallest absolute Gasteiger partial charge is 0.152 e. The summed E-state index contributed by atoms with van der Waals surface area (Å²) in [5.74, 6) is 0. The molecule has 0 saturated heterocycles. The van der Waals surface area contributed by atoms with Crippen LogP contribution in [0.15, 0.2) is 35.2 Å². The van der Waals surface area contributed by atoms with Crippen LogP contribution >= 0.6 is 15.9 Å². The minimum atomic E-state index is 0.649. The van der Waals surface area contributed by atoms with Crippen LogP contribution in [0.4, 0.5) is 0 Å². The second-order valence-electron chi connectivity index (χ2n) is 3.24. The Balaban J connectivity index is 2.59. The Bertz CT molecular complexity index is 505. The van der Waals surface area contributed by atoms with Gasteiger partial charge < -0.3 is 4.57 Å². The van der Waals surface area contributed by atoms with E-state index in [9.17, 15) is 4.79 Å². The highest BCUT2D eigenvalue weighted by atomic mass is 79.9. The average Bonchev–Trinajstić information content (AvgIpc) is 2.65. The van der Waals surface area contributed by atoms with Crippen molar-refractivity contribution in [3.63, 3.8) is 0 Å². The van der Waals surface area contributed by atoms with E-state index in [-0.39, 0.29) is 0 Å². The SMILES string of the molecule is Cc1cn(-c2cc(Br)ccc2C=O)cn1. The Hall–Kier alpha value is -1.42. The first-order valence-electron chi connectivity index (χ1n) is 4.46. The van der Waals surface area contributed by atoms with E-state index in [1.165, 1.54) is 0 Å². The average molecular weight is 265 g/mol. The number of aromatic nitrogens is 2. The Morgan fingerprint density at radius 1 is 1.47 bits per heavy atom. The second kappa shape index (κ2) is 3.98. The van der Waals surface area contributed by atoms with Gasteiger partial charge in [-0.25, -0.2) is 4.98 Å². The number of nitrogens with zero attached hydrogens (tertiary/aromatic N) is 2. The van der Waals surface area contributed by atoms with Crippen LogP contribution < -0.4 is 0 Å². The first-order valence-corrected chi connectivity index (χ1v) is 5.25. The van der Waals surface area contributed by atoms with Crippen molar-refractivity contribution >= 4 is 22.2 Å². The van der Waals surface area contributed by atoms with Gasteiger partial charge in [-0.2, -0.15) is 0 Å². The molecule has 1 aromatic carbocycles. The van der Waals surface area contributed by atoms with Crippen LogP contribution in [0, 0.1) is 6.92 Å². The van der Waals surface area contributed by atoms with E-state index in [1.807, 2.05) is 29.8 Å². The maximum atomic E-state index is 10.9. The zero-order valence-corrected chi connectivity index (χ0v) is 9.73. The third kappa shape index (κ3) is 1.99. The van der Waals surface area contributed by atoms with Gasteiger partial charge in [0.15, 0.2) is 6.29 Å². The van der Waals surface area contributed by atoms with Crippen LogP contribution in [-0.2, 0) is 0 Å². The zero-order valence-electron chi connectivity index (χ0n) is 8.14. The molecular formula is C11H9BrN2O. The summed E-state index contributed by atoms with van der Waals surface area (Å²) < 4.78 is 2.78. The topological polar surface area (TPSA) is 34.9 Å². The number of carbonyl (C=O) groups is 1. The van der Waals surface area contributed by atoms with Gasteiger partial charge in [0.25, 0.3) is 0 Å². The lowest BCUT2D eigenvalue weighted by Crippen LogP contribution is -1.96. The lowest BCUT2D eigenvalue weighted by Gasteiger charge is -2.05. The summed E-state index contributed by atoms with van der Waals surface area (Å²) in [6.07, 6.45) is 4.43. The number of benzene rings is 1. The van der Waals surface area contributed by atoms with E-state index in [1.54, 1.807) is 12.4 Å². The fourth-order valence-electron chi connectivity index (χ4n) is 1.39. The molecule has 0 spiro atoms. The number of aldehydes is 1.